The van der Waals surface area contributed by atoms with Gasteiger partial charge in [0, 0.05) is 48.3 Å². The minimum absolute atomic E-state index is 0.0166. The summed E-state index contributed by atoms with van der Waals surface area (Å²) >= 11 is 7.57. The number of carbonyl (C=O) groups excluding carboxylic acids is 1. The summed E-state index contributed by atoms with van der Waals surface area (Å²) in [7, 11) is 0. The van der Waals surface area contributed by atoms with Gasteiger partial charge in [-0.15, -0.1) is 0 Å². The SMILES string of the molecule is CCNC(=O)C#Cc1ccc2c(c1)[C@@H](N)C1(CCN(c3cnc(Sc4ccnc(N)c4Cl)c(N)n3)CC1)C2. The molecule has 0 radical (unpaired) electrons. The zero-order chi connectivity index (χ0) is 26.9. The summed E-state index contributed by atoms with van der Waals surface area (Å²) in [5.74, 6) is 6.67. The van der Waals surface area contributed by atoms with E-state index < -0.39 is 0 Å². The maximum atomic E-state index is 11.7. The van der Waals surface area contributed by atoms with Crippen LogP contribution < -0.4 is 27.4 Å². The Hall–Kier alpha value is -3.52. The first-order valence-electron chi connectivity index (χ1n) is 12.4. The zero-order valence-electron chi connectivity index (χ0n) is 21.0. The van der Waals surface area contributed by atoms with Crippen LogP contribution in [0.4, 0.5) is 17.5 Å². The van der Waals surface area contributed by atoms with Crippen molar-refractivity contribution in [2.24, 2.45) is 11.1 Å². The predicted octanol–water partition coefficient (Wildman–Crippen LogP) is 3.17. The fraction of sp³-hybridized carbons (Fsp3) is 0.333. The summed E-state index contributed by atoms with van der Waals surface area (Å²) in [5, 5.41) is 3.63. The standard InChI is InChI=1S/C27H29ClN8OS/c1-2-32-21(37)6-4-16-3-5-17-14-27(23(29)18(17)13-16)8-11-36(12-9-27)20-15-34-26(25(31)35-20)38-19-7-10-33-24(30)22(19)28/h3,5,7,10,13,15,23H,2,8-9,11-12,14,29H2,1H3,(H2,30,33)(H2,31,35)(H,32,37)/t23-/m1/s1. The van der Waals surface area contributed by atoms with Gasteiger partial charge in [-0.1, -0.05) is 35.3 Å². The minimum atomic E-state index is -0.276. The largest absolute Gasteiger partial charge is 0.382 e. The summed E-state index contributed by atoms with van der Waals surface area (Å²) in [4.78, 5) is 27.8. The lowest BCUT2D eigenvalue weighted by molar-refractivity contribution is -0.115. The molecule has 3 heterocycles. The molecule has 1 aromatic carbocycles. The first kappa shape index (κ1) is 26.1. The Morgan fingerprint density at radius 2 is 2.03 bits per heavy atom. The van der Waals surface area contributed by atoms with Crippen LogP contribution in [0, 0.1) is 17.3 Å². The molecule has 0 bridgehead atoms. The molecule has 1 fully saturated rings. The lowest BCUT2D eigenvalue weighted by atomic mass is 9.73. The number of benzene rings is 1. The van der Waals surface area contributed by atoms with E-state index in [0.29, 0.717) is 22.4 Å². The van der Waals surface area contributed by atoms with Gasteiger partial charge in [-0.2, -0.15) is 0 Å². The van der Waals surface area contributed by atoms with Crippen LogP contribution in [0.15, 0.2) is 46.6 Å². The summed E-state index contributed by atoms with van der Waals surface area (Å²) in [6.07, 6.45) is 6.12. The molecule has 1 aliphatic carbocycles. The number of amides is 1. The van der Waals surface area contributed by atoms with Crippen LogP contribution in [0.25, 0.3) is 0 Å². The quantitative estimate of drug-likeness (QED) is 0.360. The molecule has 1 amide bonds. The number of hydrogen-bond acceptors (Lipinski definition) is 9. The topological polar surface area (TPSA) is 149 Å². The van der Waals surface area contributed by atoms with Gasteiger partial charge in [0.05, 0.1) is 11.2 Å². The molecule has 1 saturated heterocycles. The van der Waals surface area contributed by atoms with Crippen LogP contribution in [0.2, 0.25) is 5.02 Å². The van der Waals surface area contributed by atoms with E-state index >= 15 is 0 Å². The van der Waals surface area contributed by atoms with Crippen LogP contribution in [-0.2, 0) is 11.2 Å². The third-order valence-electron chi connectivity index (χ3n) is 7.26. The minimum Gasteiger partial charge on any atom is -0.382 e. The summed E-state index contributed by atoms with van der Waals surface area (Å²) in [6, 6.07) is 7.79. The van der Waals surface area contributed by atoms with E-state index in [1.165, 1.54) is 17.3 Å². The highest BCUT2D eigenvalue weighted by Gasteiger charge is 2.46. The van der Waals surface area contributed by atoms with Crippen molar-refractivity contribution < 1.29 is 4.79 Å². The Morgan fingerprint density at radius 1 is 1.24 bits per heavy atom. The van der Waals surface area contributed by atoms with Gasteiger partial charge in [-0.3, -0.25) is 4.79 Å². The van der Waals surface area contributed by atoms with Gasteiger partial charge < -0.3 is 27.4 Å². The van der Waals surface area contributed by atoms with Crippen molar-refractivity contribution in [3.63, 3.8) is 0 Å². The van der Waals surface area contributed by atoms with Crippen LogP contribution in [0.1, 0.15) is 42.5 Å². The number of nitrogen functional groups attached to an aromatic ring is 2. The second-order valence-corrected chi connectivity index (χ2v) is 11.0. The molecule has 3 aromatic rings. The molecule has 1 spiro atoms. The summed E-state index contributed by atoms with van der Waals surface area (Å²) in [5.41, 5.74) is 22.1. The van der Waals surface area contributed by atoms with Gasteiger partial charge >= 0.3 is 0 Å². The number of nitrogens with one attached hydrogen (secondary N) is 1. The van der Waals surface area contributed by atoms with E-state index in [9.17, 15) is 4.79 Å². The van der Waals surface area contributed by atoms with Crippen molar-refractivity contribution in [2.75, 3.05) is 36.0 Å². The second-order valence-electron chi connectivity index (χ2n) is 9.56. The maximum absolute atomic E-state index is 11.7. The van der Waals surface area contributed by atoms with Crippen LogP contribution >= 0.6 is 23.4 Å². The highest BCUT2D eigenvalue weighted by molar-refractivity contribution is 7.99. The van der Waals surface area contributed by atoms with Crippen molar-refractivity contribution in [3.8, 4) is 11.8 Å². The number of nitrogens with two attached hydrogens (primary N) is 3. The fourth-order valence-electron chi connectivity index (χ4n) is 5.18. The van der Waals surface area contributed by atoms with E-state index in [4.69, 9.17) is 28.8 Å². The monoisotopic (exact) mass is 548 g/mol. The van der Waals surface area contributed by atoms with Gasteiger partial charge in [0.2, 0.25) is 0 Å². The zero-order valence-corrected chi connectivity index (χ0v) is 22.6. The van der Waals surface area contributed by atoms with E-state index in [1.54, 1.807) is 18.5 Å². The number of fused-ring (bicyclic) bond motifs is 1. The average molecular weight is 549 g/mol. The number of halogens is 1. The van der Waals surface area contributed by atoms with Gasteiger partial charge in [0.25, 0.3) is 5.91 Å². The first-order valence-corrected chi connectivity index (χ1v) is 13.6. The van der Waals surface area contributed by atoms with Crippen molar-refractivity contribution in [1.29, 1.82) is 0 Å². The van der Waals surface area contributed by atoms with Gasteiger partial charge in [-0.05, 0) is 60.9 Å². The van der Waals surface area contributed by atoms with Crippen molar-refractivity contribution >= 4 is 46.7 Å². The van der Waals surface area contributed by atoms with Crippen LogP contribution in [-0.4, -0.2) is 40.5 Å². The Kier molecular flexibility index (Phi) is 7.34. The number of piperidine rings is 1. The molecule has 196 valence electrons. The van der Waals surface area contributed by atoms with E-state index in [0.717, 1.165) is 54.2 Å². The van der Waals surface area contributed by atoms with Crippen molar-refractivity contribution in [3.05, 3.63) is 58.4 Å². The Morgan fingerprint density at radius 3 is 2.76 bits per heavy atom. The summed E-state index contributed by atoms with van der Waals surface area (Å²) in [6.45, 7) is 4.03. The van der Waals surface area contributed by atoms with Crippen molar-refractivity contribution in [1.82, 2.24) is 20.3 Å². The molecule has 1 atom stereocenters. The third kappa shape index (κ3) is 5.10. The van der Waals surface area contributed by atoms with Crippen LogP contribution in [0.5, 0.6) is 0 Å². The molecule has 1 aliphatic heterocycles. The first-order chi connectivity index (χ1) is 18.3. The number of anilines is 3. The molecule has 5 rings (SSSR count). The number of pyridine rings is 1. The summed E-state index contributed by atoms with van der Waals surface area (Å²) < 4.78 is 0. The van der Waals surface area contributed by atoms with E-state index in [1.807, 2.05) is 19.1 Å². The molecule has 7 N–H and O–H groups in total. The Bertz CT molecular complexity index is 1440. The third-order valence-corrected chi connectivity index (χ3v) is 8.84. The Labute approximate surface area is 230 Å². The maximum Gasteiger partial charge on any atom is 0.296 e. The Balaban J connectivity index is 1.26. The highest BCUT2D eigenvalue weighted by Crippen LogP contribution is 2.51. The molecule has 11 heteroatoms. The van der Waals surface area contributed by atoms with Gasteiger partial charge in [0.1, 0.15) is 16.7 Å². The highest BCUT2D eigenvalue weighted by atomic mass is 35.5. The normalized spacial score (nSPS) is 17.6. The molecular weight excluding hydrogens is 520 g/mol. The average Bonchev–Trinajstić information content (AvgIpc) is 3.17. The number of aromatic nitrogens is 3. The van der Waals surface area contributed by atoms with Gasteiger partial charge in [-0.25, -0.2) is 15.0 Å². The molecule has 2 aliphatic rings. The molecule has 0 unspecified atom stereocenters. The lowest BCUT2D eigenvalue weighted by Gasteiger charge is -2.42. The van der Waals surface area contributed by atoms with E-state index in [-0.39, 0.29) is 23.2 Å². The number of carbonyl (C=O) groups is 1. The van der Waals surface area contributed by atoms with Gasteiger partial charge in [0.15, 0.2) is 5.82 Å². The smallest absolute Gasteiger partial charge is 0.296 e. The number of rotatable bonds is 4. The van der Waals surface area contributed by atoms with Crippen molar-refractivity contribution in [2.45, 2.75) is 42.1 Å². The number of nitrogens with zero attached hydrogens (tertiary/aromatic N) is 4. The molecule has 0 saturated carbocycles. The fourth-order valence-corrected chi connectivity index (χ4v) is 6.20. The second kappa shape index (κ2) is 10.7. The predicted molar refractivity (Wildman–Crippen MR) is 151 cm³/mol. The molecule has 9 nitrogen and oxygen atoms in total. The number of hydrogen-bond donors (Lipinski definition) is 4. The lowest BCUT2D eigenvalue weighted by Crippen LogP contribution is -2.44. The van der Waals surface area contributed by atoms with Crippen LogP contribution in [0.3, 0.4) is 0 Å². The molecular formula is C27H29ClN8OS. The molecule has 2 aromatic heterocycles. The molecule has 38 heavy (non-hydrogen) atoms. The van der Waals surface area contributed by atoms with E-state index in [2.05, 4.69) is 43.1 Å².